The van der Waals surface area contributed by atoms with Gasteiger partial charge in [0, 0.05) is 7.11 Å². The lowest BCUT2D eigenvalue weighted by Crippen LogP contribution is -2.44. The first-order chi connectivity index (χ1) is 10.5. The summed E-state index contributed by atoms with van der Waals surface area (Å²) in [5.41, 5.74) is 0.0286. The van der Waals surface area contributed by atoms with Gasteiger partial charge in [0.2, 0.25) is 0 Å². The van der Waals surface area contributed by atoms with Crippen molar-refractivity contribution in [2.75, 3.05) is 19.0 Å². The second kappa shape index (κ2) is 6.80. The number of hydrogen-bond acceptors (Lipinski definition) is 4. The highest BCUT2D eigenvalue weighted by Crippen LogP contribution is 2.42. The zero-order chi connectivity index (χ0) is 16.2. The lowest BCUT2D eigenvalue weighted by molar-refractivity contribution is -0.138. The number of benzene rings is 1. The van der Waals surface area contributed by atoms with E-state index < -0.39 is 5.60 Å². The van der Waals surface area contributed by atoms with Gasteiger partial charge in [-0.2, -0.15) is 5.26 Å². The topological polar surface area (TPSA) is 71.3 Å². The highest BCUT2D eigenvalue weighted by Gasteiger charge is 2.47. The van der Waals surface area contributed by atoms with Crippen molar-refractivity contribution in [3.05, 3.63) is 23.8 Å². The van der Waals surface area contributed by atoms with Crippen LogP contribution in [0.25, 0.3) is 0 Å². The van der Waals surface area contributed by atoms with Gasteiger partial charge in [0.25, 0.3) is 5.91 Å². The highest BCUT2D eigenvalue weighted by atomic mass is 16.5. The minimum absolute atomic E-state index is 0.212. The molecule has 118 valence electrons. The molecule has 0 bridgehead atoms. The number of ether oxygens (including phenoxy) is 2. The van der Waals surface area contributed by atoms with Crippen LogP contribution >= 0.6 is 0 Å². The van der Waals surface area contributed by atoms with Gasteiger partial charge in [0.05, 0.1) is 17.9 Å². The Balaban J connectivity index is 2.15. The van der Waals surface area contributed by atoms with Crippen molar-refractivity contribution < 1.29 is 14.3 Å². The maximum absolute atomic E-state index is 12.5. The van der Waals surface area contributed by atoms with Crippen molar-refractivity contribution in [2.24, 2.45) is 5.92 Å². The molecule has 1 amide bonds. The molecule has 5 nitrogen and oxygen atoms in total. The van der Waals surface area contributed by atoms with Crippen molar-refractivity contribution >= 4 is 11.6 Å². The normalized spacial score (nSPS) is 16.5. The molecular formula is C17H22N2O3. The lowest BCUT2D eigenvalue weighted by atomic mass is 9.98. The Kier molecular flexibility index (Phi) is 5.04. The fourth-order valence-corrected chi connectivity index (χ4v) is 2.36. The quantitative estimate of drug-likeness (QED) is 0.840. The summed E-state index contributed by atoms with van der Waals surface area (Å²) in [6.45, 7) is 4.41. The number of nitriles is 1. The number of nitrogens with one attached hydrogen (secondary N) is 1. The van der Waals surface area contributed by atoms with Gasteiger partial charge in [-0.3, -0.25) is 4.79 Å². The molecule has 1 aromatic carbocycles. The number of amides is 1. The van der Waals surface area contributed by atoms with Crippen molar-refractivity contribution in [3.8, 4) is 11.8 Å². The van der Waals surface area contributed by atoms with Crippen LogP contribution in [0.15, 0.2) is 18.2 Å². The first kappa shape index (κ1) is 16.3. The molecule has 0 spiro atoms. The molecular weight excluding hydrogens is 280 g/mol. The van der Waals surface area contributed by atoms with Crippen LogP contribution < -0.4 is 10.1 Å². The average Bonchev–Trinajstić information content (AvgIpc) is 3.38. The van der Waals surface area contributed by atoms with E-state index >= 15 is 0 Å². The number of methoxy groups -OCH3 is 1. The third-order valence-electron chi connectivity index (χ3n) is 4.06. The Morgan fingerprint density at radius 1 is 1.50 bits per heavy atom. The minimum atomic E-state index is -0.843. The molecule has 22 heavy (non-hydrogen) atoms. The van der Waals surface area contributed by atoms with Crippen molar-refractivity contribution in [1.82, 2.24) is 0 Å². The van der Waals surface area contributed by atoms with E-state index in [-0.39, 0.29) is 11.8 Å². The molecule has 1 fully saturated rings. The molecule has 0 aliphatic heterocycles. The summed E-state index contributed by atoms with van der Waals surface area (Å²) in [4.78, 5) is 12.5. The summed E-state index contributed by atoms with van der Waals surface area (Å²) < 4.78 is 10.9. The Labute approximate surface area is 131 Å². The summed E-state index contributed by atoms with van der Waals surface area (Å²) in [5.74, 6) is 0.666. The van der Waals surface area contributed by atoms with Crippen LogP contribution in [-0.4, -0.2) is 25.2 Å². The van der Waals surface area contributed by atoms with Crippen LogP contribution in [0.1, 0.15) is 38.7 Å². The molecule has 0 saturated heterocycles. The molecule has 1 saturated carbocycles. The van der Waals surface area contributed by atoms with Gasteiger partial charge < -0.3 is 14.8 Å². The lowest BCUT2D eigenvalue weighted by Gasteiger charge is -2.27. The van der Waals surface area contributed by atoms with Crippen LogP contribution in [-0.2, 0) is 9.53 Å². The van der Waals surface area contributed by atoms with Crippen molar-refractivity contribution in [1.29, 1.82) is 5.26 Å². The maximum Gasteiger partial charge on any atom is 0.256 e. The minimum Gasteiger partial charge on any atom is -0.494 e. The summed E-state index contributed by atoms with van der Waals surface area (Å²) in [6, 6.07) is 7.20. The Bertz CT molecular complexity index is 590. The van der Waals surface area contributed by atoms with Gasteiger partial charge >= 0.3 is 0 Å². The average molecular weight is 302 g/mol. The van der Waals surface area contributed by atoms with Gasteiger partial charge in [0.15, 0.2) is 0 Å². The maximum atomic E-state index is 12.5. The third-order valence-corrected chi connectivity index (χ3v) is 4.06. The Hall–Kier alpha value is -2.06. The highest BCUT2D eigenvalue weighted by molar-refractivity contribution is 5.98. The number of hydrogen-bond donors (Lipinski definition) is 1. The predicted molar refractivity (Wildman–Crippen MR) is 83.7 cm³/mol. The van der Waals surface area contributed by atoms with Crippen LogP contribution in [0.2, 0.25) is 0 Å². The second-order valence-corrected chi connectivity index (χ2v) is 5.71. The predicted octanol–water partition coefficient (Wildman–Crippen LogP) is 3.10. The Morgan fingerprint density at radius 3 is 2.77 bits per heavy atom. The van der Waals surface area contributed by atoms with E-state index in [1.165, 1.54) is 0 Å². The van der Waals surface area contributed by atoms with E-state index in [0.29, 0.717) is 23.6 Å². The SMILES string of the molecule is CCCOc1ccc(NC(=O)[C@@](C)(OC)C2CC2)c(C#N)c1. The van der Waals surface area contributed by atoms with Crippen molar-refractivity contribution in [3.63, 3.8) is 0 Å². The van der Waals surface area contributed by atoms with E-state index in [1.807, 2.05) is 6.92 Å². The van der Waals surface area contributed by atoms with Gasteiger partial charge in [-0.05, 0) is 50.3 Å². The molecule has 0 radical (unpaired) electrons. The number of carbonyl (C=O) groups excluding carboxylic acids is 1. The molecule has 0 aromatic heterocycles. The number of carbonyl (C=O) groups is 1. The van der Waals surface area contributed by atoms with Gasteiger partial charge in [0.1, 0.15) is 17.4 Å². The van der Waals surface area contributed by atoms with Crippen LogP contribution in [0.5, 0.6) is 5.75 Å². The first-order valence-electron chi connectivity index (χ1n) is 7.58. The monoisotopic (exact) mass is 302 g/mol. The van der Waals surface area contributed by atoms with Crippen molar-refractivity contribution in [2.45, 2.75) is 38.7 Å². The van der Waals surface area contributed by atoms with E-state index in [2.05, 4.69) is 11.4 Å². The third kappa shape index (κ3) is 3.40. The van der Waals surface area contributed by atoms with E-state index in [4.69, 9.17) is 9.47 Å². The molecule has 5 heteroatoms. The van der Waals surface area contributed by atoms with Crippen LogP contribution in [0.3, 0.4) is 0 Å². The summed E-state index contributed by atoms with van der Waals surface area (Å²) in [7, 11) is 1.55. The van der Waals surface area contributed by atoms with Crippen LogP contribution in [0, 0.1) is 17.2 Å². The zero-order valence-corrected chi connectivity index (χ0v) is 13.3. The number of rotatable bonds is 7. The summed E-state index contributed by atoms with van der Waals surface area (Å²) in [6.07, 6.45) is 2.88. The summed E-state index contributed by atoms with van der Waals surface area (Å²) in [5, 5.41) is 12.1. The molecule has 1 N–H and O–H groups in total. The largest absolute Gasteiger partial charge is 0.494 e. The molecule has 2 rings (SSSR count). The fourth-order valence-electron chi connectivity index (χ4n) is 2.36. The Morgan fingerprint density at radius 2 is 2.23 bits per heavy atom. The second-order valence-electron chi connectivity index (χ2n) is 5.71. The smallest absolute Gasteiger partial charge is 0.256 e. The molecule has 1 aliphatic carbocycles. The molecule has 0 unspecified atom stereocenters. The van der Waals surface area contributed by atoms with Gasteiger partial charge in [-0.15, -0.1) is 0 Å². The zero-order valence-electron chi connectivity index (χ0n) is 13.3. The molecule has 1 aliphatic rings. The van der Waals surface area contributed by atoms with Gasteiger partial charge in [-0.25, -0.2) is 0 Å². The number of nitrogens with zero attached hydrogens (tertiary/aromatic N) is 1. The standard InChI is InChI=1S/C17H22N2O3/c1-4-9-22-14-7-8-15(12(10-14)11-18)19-16(20)17(2,21-3)13-5-6-13/h7-8,10,13H,4-6,9H2,1-3H3,(H,19,20)/t17-/m0/s1. The van der Waals surface area contributed by atoms with E-state index in [9.17, 15) is 10.1 Å². The first-order valence-corrected chi connectivity index (χ1v) is 7.58. The molecule has 1 aromatic rings. The molecule has 0 heterocycles. The van der Waals surface area contributed by atoms with Crippen LogP contribution in [0.4, 0.5) is 5.69 Å². The van der Waals surface area contributed by atoms with E-state index in [0.717, 1.165) is 19.3 Å². The van der Waals surface area contributed by atoms with Gasteiger partial charge in [-0.1, -0.05) is 6.92 Å². The van der Waals surface area contributed by atoms with E-state index in [1.54, 1.807) is 32.2 Å². The number of anilines is 1. The summed E-state index contributed by atoms with van der Waals surface area (Å²) >= 11 is 0. The molecule has 1 atom stereocenters. The fraction of sp³-hybridized carbons (Fsp3) is 0.529.